The molecular weight excluding hydrogens is 447 g/mol. The highest BCUT2D eigenvalue weighted by Crippen LogP contribution is 2.46. The van der Waals surface area contributed by atoms with Crippen molar-refractivity contribution in [2.75, 3.05) is 18.0 Å². The van der Waals surface area contributed by atoms with Gasteiger partial charge in [-0.3, -0.25) is 14.6 Å². The lowest BCUT2D eigenvalue weighted by atomic mass is 10.1. The number of hydrogen-bond acceptors (Lipinski definition) is 5. The number of aryl methyl sites for hydroxylation is 1. The fourth-order valence-electron chi connectivity index (χ4n) is 5.24. The number of aromatic nitrogens is 5. The molecule has 1 saturated carbocycles. The van der Waals surface area contributed by atoms with E-state index < -0.39 is 11.9 Å². The van der Waals surface area contributed by atoms with Crippen LogP contribution in [0.3, 0.4) is 0 Å². The van der Waals surface area contributed by atoms with Gasteiger partial charge in [-0.2, -0.15) is 23.4 Å². The molecule has 3 aromatic rings. The van der Waals surface area contributed by atoms with E-state index >= 15 is 0 Å². The van der Waals surface area contributed by atoms with Crippen molar-refractivity contribution >= 4 is 11.7 Å². The molecule has 1 saturated heterocycles. The number of hydrogen-bond donors (Lipinski definition) is 2. The first-order valence-corrected chi connectivity index (χ1v) is 11.5. The number of nitrogens with one attached hydrogen (secondary N) is 2. The maximum atomic E-state index is 13.8. The summed E-state index contributed by atoms with van der Waals surface area (Å²) in [5.41, 5.74) is 2.37. The highest BCUT2D eigenvalue weighted by atomic mass is 19.4. The molecule has 0 aromatic carbocycles. The van der Waals surface area contributed by atoms with Crippen LogP contribution in [-0.2, 0) is 19.1 Å². The molecule has 0 bridgehead atoms. The van der Waals surface area contributed by atoms with Gasteiger partial charge in [0.25, 0.3) is 5.91 Å². The molecule has 3 atom stereocenters. The van der Waals surface area contributed by atoms with Crippen LogP contribution in [0.4, 0.5) is 19.0 Å². The Morgan fingerprint density at radius 2 is 2.06 bits per heavy atom. The number of halogens is 3. The molecule has 178 valence electrons. The number of anilines is 1. The van der Waals surface area contributed by atoms with Crippen molar-refractivity contribution < 1.29 is 18.0 Å². The third-order valence-electron chi connectivity index (χ3n) is 7.19. The molecule has 11 heteroatoms. The Morgan fingerprint density at radius 3 is 2.82 bits per heavy atom. The van der Waals surface area contributed by atoms with E-state index in [1.165, 1.54) is 29.6 Å². The molecule has 3 aromatic heterocycles. The highest BCUT2D eigenvalue weighted by molar-refractivity contribution is 5.94. The van der Waals surface area contributed by atoms with Gasteiger partial charge < -0.3 is 10.2 Å². The van der Waals surface area contributed by atoms with Crippen molar-refractivity contribution in [3.8, 4) is 0 Å². The topological polar surface area (TPSA) is 91.7 Å². The number of carbonyl (C=O) groups is 1. The number of rotatable bonds is 5. The summed E-state index contributed by atoms with van der Waals surface area (Å²) in [7, 11) is 0. The van der Waals surface area contributed by atoms with E-state index in [0.717, 1.165) is 42.9 Å². The Hall–Kier alpha value is -3.37. The zero-order valence-electron chi connectivity index (χ0n) is 18.6. The van der Waals surface area contributed by atoms with Crippen molar-refractivity contribution in [2.24, 2.45) is 11.8 Å². The van der Waals surface area contributed by atoms with Gasteiger partial charge in [0.1, 0.15) is 5.82 Å². The van der Waals surface area contributed by atoms with E-state index in [4.69, 9.17) is 0 Å². The first kappa shape index (κ1) is 21.2. The smallest absolute Gasteiger partial charge is 0.356 e. The molecule has 1 amide bonds. The summed E-state index contributed by atoms with van der Waals surface area (Å²) in [4.78, 5) is 18.6. The van der Waals surface area contributed by atoms with Gasteiger partial charge in [-0.25, -0.2) is 4.98 Å². The quantitative estimate of drug-likeness (QED) is 0.596. The van der Waals surface area contributed by atoms with E-state index in [2.05, 4.69) is 25.6 Å². The standard InChI is InChI=1S/C23H24F3N7O/c1-12-17-3-4-18(20(17)31-30-12)28-22(34)16-7-27-33(11-16)10-13-2-5-19(29-21(13)23(24,25)26)32-8-14-6-15(14)9-32/h2,5,7,11,14-15,18H,3-4,6,8-10H2,1H3,(H,28,34)(H,30,31)/t14?,15?,18-/m1/s1. The van der Waals surface area contributed by atoms with Crippen LogP contribution in [0.2, 0.25) is 0 Å². The van der Waals surface area contributed by atoms with Crippen LogP contribution in [-0.4, -0.2) is 44.0 Å². The lowest BCUT2D eigenvalue weighted by molar-refractivity contribution is -0.141. The first-order valence-electron chi connectivity index (χ1n) is 11.5. The van der Waals surface area contributed by atoms with Gasteiger partial charge in [-0.1, -0.05) is 6.07 Å². The van der Waals surface area contributed by atoms with Gasteiger partial charge in [0.2, 0.25) is 0 Å². The van der Waals surface area contributed by atoms with Crippen molar-refractivity contribution in [3.05, 3.63) is 58.3 Å². The molecule has 0 radical (unpaired) electrons. The Balaban J connectivity index is 1.18. The summed E-state index contributed by atoms with van der Waals surface area (Å²) in [6, 6.07) is 2.92. The summed E-state index contributed by atoms with van der Waals surface area (Å²) in [5, 5.41) is 14.3. The monoisotopic (exact) mass is 471 g/mol. The zero-order chi connectivity index (χ0) is 23.6. The van der Waals surface area contributed by atoms with Crippen molar-refractivity contribution in [2.45, 2.75) is 44.9 Å². The molecule has 2 unspecified atom stereocenters. The van der Waals surface area contributed by atoms with Crippen LogP contribution in [0.25, 0.3) is 0 Å². The lowest BCUT2D eigenvalue weighted by Gasteiger charge is -2.21. The van der Waals surface area contributed by atoms with Crippen LogP contribution in [0.1, 0.15) is 57.5 Å². The van der Waals surface area contributed by atoms with E-state index in [-0.39, 0.29) is 29.6 Å². The normalized spacial score (nSPS) is 23.2. The Bertz CT molecular complexity index is 1250. The van der Waals surface area contributed by atoms with E-state index in [1.54, 1.807) is 6.07 Å². The molecule has 4 heterocycles. The number of amides is 1. The van der Waals surface area contributed by atoms with Crippen LogP contribution in [0.15, 0.2) is 24.5 Å². The second-order valence-electron chi connectivity index (χ2n) is 9.54. The minimum atomic E-state index is -4.58. The minimum absolute atomic E-state index is 0.0168. The Labute approximate surface area is 193 Å². The van der Waals surface area contributed by atoms with Gasteiger partial charge in [-0.15, -0.1) is 0 Å². The minimum Gasteiger partial charge on any atom is -0.356 e. The lowest BCUT2D eigenvalue weighted by Crippen LogP contribution is -2.27. The molecule has 2 N–H and O–H groups in total. The third-order valence-corrected chi connectivity index (χ3v) is 7.19. The van der Waals surface area contributed by atoms with Crippen molar-refractivity contribution in [3.63, 3.8) is 0 Å². The fraction of sp³-hybridized carbons (Fsp3) is 0.478. The molecule has 6 rings (SSSR count). The summed E-state index contributed by atoms with van der Waals surface area (Å²) in [6.07, 6.45) is 1.01. The number of H-pyrrole nitrogens is 1. The summed E-state index contributed by atoms with van der Waals surface area (Å²) in [6.45, 7) is 3.36. The number of alkyl halides is 3. The molecule has 2 fully saturated rings. The number of carbonyl (C=O) groups excluding carboxylic acids is 1. The molecule has 2 aliphatic carbocycles. The third kappa shape index (κ3) is 3.72. The number of fused-ring (bicyclic) bond motifs is 2. The highest BCUT2D eigenvalue weighted by Gasteiger charge is 2.46. The Morgan fingerprint density at radius 1 is 1.26 bits per heavy atom. The van der Waals surface area contributed by atoms with E-state index in [9.17, 15) is 18.0 Å². The summed E-state index contributed by atoms with van der Waals surface area (Å²) in [5.74, 6) is 1.23. The van der Waals surface area contributed by atoms with E-state index in [0.29, 0.717) is 17.7 Å². The van der Waals surface area contributed by atoms with E-state index in [1.807, 2.05) is 11.8 Å². The van der Waals surface area contributed by atoms with Gasteiger partial charge in [0.05, 0.1) is 30.0 Å². The average Bonchev–Trinajstić information content (AvgIpc) is 3.26. The Kier molecular flexibility index (Phi) is 4.72. The van der Waals surface area contributed by atoms with Crippen LogP contribution >= 0.6 is 0 Å². The molecule has 34 heavy (non-hydrogen) atoms. The molecular formula is C23H24F3N7O. The van der Waals surface area contributed by atoms with Gasteiger partial charge in [-0.05, 0) is 49.7 Å². The number of nitrogens with zero attached hydrogens (tertiary/aromatic N) is 5. The van der Waals surface area contributed by atoms with Crippen molar-refractivity contribution in [1.29, 1.82) is 0 Å². The molecule has 8 nitrogen and oxygen atoms in total. The second kappa shape index (κ2) is 7.57. The van der Waals surface area contributed by atoms with Gasteiger partial charge in [0, 0.05) is 30.5 Å². The number of piperidine rings is 1. The van der Waals surface area contributed by atoms with Gasteiger partial charge >= 0.3 is 6.18 Å². The summed E-state index contributed by atoms with van der Waals surface area (Å²) >= 11 is 0. The molecule has 1 aliphatic heterocycles. The average molecular weight is 471 g/mol. The predicted octanol–water partition coefficient (Wildman–Crippen LogP) is 3.25. The van der Waals surface area contributed by atoms with Crippen molar-refractivity contribution in [1.82, 2.24) is 30.3 Å². The SMILES string of the molecule is Cc1[nH]nc2c1CC[C@H]2NC(=O)c1cnn(Cc2ccc(N3CC4CC4C3)nc2C(F)(F)F)c1. The van der Waals surface area contributed by atoms with Crippen LogP contribution < -0.4 is 10.2 Å². The molecule has 3 aliphatic rings. The summed E-state index contributed by atoms with van der Waals surface area (Å²) < 4.78 is 42.7. The first-order chi connectivity index (χ1) is 16.3. The molecule has 0 spiro atoms. The maximum absolute atomic E-state index is 13.8. The predicted molar refractivity (Wildman–Crippen MR) is 116 cm³/mol. The largest absolute Gasteiger partial charge is 0.433 e. The number of pyridine rings is 1. The zero-order valence-corrected chi connectivity index (χ0v) is 18.6. The van der Waals surface area contributed by atoms with Crippen LogP contribution in [0, 0.1) is 18.8 Å². The second-order valence-corrected chi connectivity index (χ2v) is 9.54. The fourth-order valence-corrected chi connectivity index (χ4v) is 5.24. The number of aromatic amines is 1. The van der Waals surface area contributed by atoms with Crippen LogP contribution in [0.5, 0.6) is 0 Å². The maximum Gasteiger partial charge on any atom is 0.433 e. The van der Waals surface area contributed by atoms with Gasteiger partial charge in [0.15, 0.2) is 5.69 Å².